The van der Waals surface area contributed by atoms with Gasteiger partial charge in [0.1, 0.15) is 18.2 Å². The molecule has 3 rings (SSSR count). The molecular formula is C18H19ClN2O2. The minimum Gasteiger partial charge on any atom is -0.486 e. The summed E-state index contributed by atoms with van der Waals surface area (Å²) in [5.74, 6) is 1.73. The fourth-order valence-electron chi connectivity index (χ4n) is 2.54. The summed E-state index contributed by atoms with van der Waals surface area (Å²) in [6.07, 6.45) is 0.910. The number of benzene rings is 2. The van der Waals surface area contributed by atoms with Crippen molar-refractivity contribution in [3.63, 3.8) is 0 Å². The van der Waals surface area contributed by atoms with Gasteiger partial charge in [-0.3, -0.25) is 0 Å². The van der Waals surface area contributed by atoms with Crippen molar-refractivity contribution in [2.75, 3.05) is 13.7 Å². The molecule has 0 spiro atoms. The summed E-state index contributed by atoms with van der Waals surface area (Å²) in [5, 5.41) is 0.709. The molecule has 0 saturated heterocycles. The lowest BCUT2D eigenvalue weighted by atomic mass is 10.3. The van der Waals surface area contributed by atoms with E-state index < -0.39 is 0 Å². The Kier molecular flexibility index (Phi) is 5.16. The third-order valence-electron chi connectivity index (χ3n) is 3.63. The van der Waals surface area contributed by atoms with Crippen molar-refractivity contribution < 1.29 is 9.47 Å². The Morgan fingerprint density at radius 1 is 1.13 bits per heavy atom. The molecular weight excluding hydrogens is 312 g/mol. The normalized spacial score (nSPS) is 11.0. The Morgan fingerprint density at radius 2 is 1.96 bits per heavy atom. The number of rotatable bonds is 7. The molecule has 1 aromatic heterocycles. The van der Waals surface area contributed by atoms with Gasteiger partial charge in [0.05, 0.1) is 11.0 Å². The minimum absolute atomic E-state index is 0.420. The van der Waals surface area contributed by atoms with Gasteiger partial charge in [-0.1, -0.05) is 29.8 Å². The van der Waals surface area contributed by atoms with Gasteiger partial charge in [0.15, 0.2) is 0 Å². The maximum absolute atomic E-state index is 6.14. The van der Waals surface area contributed by atoms with Gasteiger partial charge in [-0.25, -0.2) is 4.98 Å². The van der Waals surface area contributed by atoms with E-state index in [1.807, 2.05) is 48.5 Å². The number of methoxy groups -OCH3 is 1. The molecule has 0 N–H and O–H groups in total. The largest absolute Gasteiger partial charge is 0.486 e. The van der Waals surface area contributed by atoms with Crippen LogP contribution in [-0.2, 0) is 17.9 Å². The van der Waals surface area contributed by atoms with E-state index in [0.29, 0.717) is 18.2 Å². The molecule has 1 heterocycles. The van der Waals surface area contributed by atoms with Crippen LogP contribution in [0.3, 0.4) is 0 Å². The summed E-state index contributed by atoms with van der Waals surface area (Å²) in [6.45, 7) is 1.95. The van der Waals surface area contributed by atoms with Crippen LogP contribution in [-0.4, -0.2) is 23.3 Å². The summed E-state index contributed by atoms with van der Waals surface area (Å²) < 4.78 is 13.2. The zero-order valence-corrected chi connectivity index (χ0v) is 13.8. The van der Waals surface area contributed by atoms with Crippen molar-refractivity contribution in [3.05, 3.63) is 59.4 Å². The zero-order chi connectivity index (χ0) is 16.1. The number of aryl methyl sites for hydroxylation is 1. The van der Waals surface area contributed by atoms with Gasteiger partial charge in [-0.2, -0.15) is 0 Å². The average Bonchev–Trinajstić information content (AvgIpc) is 2.91. The van der Waals surface area contributed by atoms with Crippen LogP contribution in [0.1, 0.15) is 12.2 Å². The van der Waals surface area contributed by atoms with Gasteiger partial charge in [-0.15, -0.1) is 0 Å². The second-order valence-electron chi connectivity index (χ2n) is 5.26. The first-order valence-corrected chi connectivity index (χ1v) is 7.97. The van der Waals surface area contributed by atoms with E-state index >= 15 is 0 Å². The number of para-hydroxylation sites is 1. The summed E-state index contributed by atoms with van der Waals surface area (Å²) >= 11 is 6.14. The van der Waals surface area contributed by atoms with Gasteiger partial charge in [0, 0.05) is 25.3 Å². The molecule has 0 fully saturated rings. The van der Waals surface area contributed by atoms with E-state index in [1.165, 1.54) is 0 Å². The molecule has 0 bridgehead atoms. The molecule has 0 amide bonds. The molecule has 23 heavy (non-hydrogen) atoms. The number of nitrogens with zero attached hydrogens (tertiary/aromatic N) is 2. The number of fused-ring (bicyclic) bond motifs is 1. The Hall–Kier alpha value is -2.04. The van der Waals surface area contributed by atoms with Crippen LogP contribution < -0.4 is 4.74 Å². The molecule has 4 nitrogen and oxygen atoms in total. The first kappa shape index (κ1) is 15.8. The zero-order valence-electron chi connectivity index (χ0n) is 13.0. The molecule has 0 saturated carbocycles. The quantitative estimate of drug-likeness (QED) is 0.606. The molecule has 5 heteroatoms. The van der Waals surface area contributed by atoms with Crippen LogP contribution in [0.15, 0.2) is 48.5 Å². The lowest BCUT2D eigenvalue weighted by Crippen LogP contribution is -2.09. The highest BCUT2D eigenvalue weighted by molar-refractivity contribution is 6.31. The van der Waals surface area contributed by atoms with Crippen molar-refractivity contribution in [1.29, 1.82) is 0 Å². The van der Waals surface area contributed by atoms with Gasteiger partial charge >= 0.3 is 0 Å². The maximum atomic E-state index is 6.14. The minimum atomic E-state index is 0.420. The van der Waals surface area contributed by atoms with Gasteiger partial charge < -0.3 is 14.0 Å². The van der Waals surface area contributed by atoms with Crippen LogP contribution in [0.25, 0.3) is 11.0 Å². The summed E-state index contributed by atoms with van der Waals surface area (Å²) in [5.41, 5.74) is 1.96. The van der Waals surface area contributed by atoms with Crippen LogP contribution in [0.4, 0.5) is 0 Å². The Bertz CT molecular complexity index is 771. The summed E-state index contributed by atoms with van der Waals surface area (Å²) in [4.78, 5) is 4.69. The highest BCUT2D eigenvalue weighted by atomic mass is 35.5. The van der Waals surface area contributed by atoms with Crippen LogP contribution >= 0.6 is 11.6 Å². The first-order valence-electron chi connectivity index (χ1n) is 7.59. The van der Waals surface area contributed by atoms with Crippen molar-refractivity contribution >= 4 is 22.6 Å². The molecule has 0 aliphatic heterocycles. The SMILES string of the molecule is COCCCn1c(COc2ccccc2)nc2ccc(Cl)cc21. The predicted octanol–water partition coefficient (Wildman–Crippen LogP) is 4.31. The smallest absolute Gasteiger partial charge is 0.147 e. The lowest BCUT2D eigenvalue weighted by molar-refractivity contribution is 0.189. The fourth-order valence-corrected chi connectivity index (χ4v) is 2.70. The Labute approximate surface area is 140 Å². The molecule has 0 aliphatic carbocycles. The number of halogens is 1. The molecule has 2 aromatic carbocycles. The van der Waals surface area contributed by atoms with Crippen molar-refractivity contribution in [3.8, 4) is 5.75 Å². The van der Waals surface area contributed by atoms with Gasteiger partial charge in [-0.05, 0) is 36.8 Å². The number of ether oxygens (including phenoxy) is 2. The van der Waals surface area contributed by atoms with E-state index in [1.54, 1.807) is 7.11 Å². The highest BCUT2D eigenvalue weighted by Gasteiger charge is 2.11. The van der Waals surface area contributed by atoms with Crippen molar-refractivity contribution in [2.24, 2.45) is 0 Å². The van der Waals surface area contributed by atoms with E-state index in [4.69, 9.17) is 21.1 Å². The van der Waals surface area contributed by atoms with Crippen molar-refractivity contribution in [1.82, 2.24) is 9.55 Å². The highest BCUT2D eigenvalue weighted by Crippen LogP contribution is 2.22. The molecule has 0 aliphatic rings. The number of hydrogen-bond acceptors (Lipinski definition) is 3. The standard InChI is InChI=1S/C18H19ClN2O2/c1-22-11-5-10-21-17-12-14(19)8-9-16(17)20-18(21)13-23-15-6-3-2-4-7-15/h2-4,6-9,12H,5,10-11,13H2,1H3. The number of aromatic nitrogens is 2. The molecule has 0 unspecified atom stereocenters. The maximum Gasteiger partial charge on any atom is 0.147 e. The van der Waals surface area contributed by atoms with E-state index in [-0.39, 0.29) is 0 Å². The molecule has 0 atom stereocenters. The van der Waals surface area contributed by atoms with Gasteiger partial charge in [0.2, 0.25) is 0 Å². The third kappa shape index (κ3) is 3.84. The second-order valence-corrected chi connectivity index (χ2v) is 5.70. The van der Waals surface area contributed by atoms with Crippen molar-refractivity contribution in [2.45, 2.75) is 19.6 Å². The molecule has 120 valence electrons. The van der Waals surface area contributed by atoms with Crippen LogP contribution in [0, 0.1) is 0 Å². The third-order valence-corrected chi connectivity index (χ3v) is 3.87. The summed E-state index contributed by atoms with van der Waals surface area (Å²) in [6, 6.07) is 15.5. The monoisotopic (exact) mass is 330 g/mol. The number of hydrogen-bond donors (Lipinski definition) is 0. The first-order chi connectivity index (χ1) is 11.3. The number of imidazole rings is 1. The molecule has 3 aromatic rings. The van der Waals surface area contributed by atoms with E-state index in [9.17, 15) is 0 Å². The topological polar surface area (TPSA) is 36.3 Å². The Balaban J connectivity index is 1.86. The van der Waals surface area contributed by atoms with E-state index in [0.717, 1.165) is 35.6 Å². The van der Waals surface area contributed by atoms with E-state index in [2.05, 4.69) is 9.55 Å². The Morgan fingerprint density at radius 3 is 2.74 bits per heavy atom. The molecule has 0 radical (unpaired) electrons. The second kappa shape index (κ2) is 7.49. The predicted molar refractivity (Wildman–Crippen MR) is 92.0 cm³/mol. The summed E-state index contributed by atoms with van der Waals surface area (Å²) in [7, 11) is 1.71. The fraction of sp³-hybridized carbons (Fsp3) is 0.278. The van der Waals surface area contributed by atoms with Crippen LogP contribution in [0.2, 0.25) is 5.02 Å². The average molecular weight is 331 g/mol. The van der Waals surface area contributed by atoms with Gasteiger partial charge in [0.25, 0.3) is 0 Å². The van der Waals surface area contributed by atoms with Crippen LogP contribution in [0.5, 0.6) is 5.75 Å². The lowest BCUT2D eigenvalue weighted by Gasteiger charge is -2.10.